The summed E-state index contributed by atoms with van der Waals surface area (Å²) in [5, 5.41) is 8.18. The molecule has 2 aliphatic rings. The van der Waals surface area contributed by atoms with Gasteiger partial charge in [0, 0.05) is 30.6 Å². The van der Waals surface area contributed by atoms with Crippen molar-refractivity contribution in [2.45, 2.75) is 51.1 Å². The van der Waals surface area contributed by atoms with Crippen LogP contribution in [0.25, 0.3) is 0 Å². The fourth-order valence-corrected chi connectivity index (χ4v) is 4.23. The van der Waals surface area contributed by atoms with Gasteiger partial charge in [0.1, 0.15) is 5.76 Å². The zero-order chi connectivity index (χ0) is 18.8. The molecule has 27 heavy (non-hydrogen) atoms. The first-order chi connectivity index (χ1) is 13.1. The lowest BCUT2D eigenvalue weighted by atomic mass is 10.0. The van der Waals surface area contributed by atoms with Crippen molar-refractivity contribution < 1.29 is 14.0 Å². The Labute approximate surface area is 162 Å². The van der Waals surface area contributed by atoms with Gasteiger partial charge < -0.3 is 14.6 Å². The smallest absolute Gasteiger partial charge is 0.260 e. The maximum absolute atomic E-state index is 12.3. The van der Waals surface area contributed by atoms with Crippen LogP contribution in [0.2, 0.25) is 0 Å². The summed E-state index contributed by atoms with van der Waals surface area (Å²) in [6, 6.07) is 2.69. The number of hydrogen-bond acceptors (Lipinski definition) is 6. The fourth-order valence-electron chi connectivity index (χ4n) is 3.52. The summed E-state index contributed by atoms with van der Waals surface area (Å²) in [6.07, 6.45) is 6.42. The summed E-state index contributed by atoms with van der Waals surface area (Å²) in [7, 11) is 0. The normalized spacial score (nSPS) is 18.4. The van der Waals surface area contributed by atoms with Gasteiger partial charge >= 0.3 is 0 Å². The molecule has 2 fully saturated rings. The summed E-state index contributed by atoms with van der Waals surface area (Å²) in [4.78, 5) is 31.4. The SMILES string of the molecule is Cc1occc1C(=O)Nc1nc(CC(=O)NC2CCN(C3CC3)CC2)cs1. The van der Waals surface area contributed by atoms with Crippen LogP contribution in [0.5, 0.6) is 0 Å². The van der Waals surface area contributed by atoms with Crippen molar-refractivity contribution in [2.75, 3.05) is 18.4 Å². The van der Waals surface area contributed by atoms with Gasteiger partial charge in [-0.3, -0.25) is 14.9 Å². The van der Waals surface area contributed by atoms with E-state index in [1.165, 1.54) is 30.4 Å². The number of likely N-dealkylation sites (tertiary alicyclic amines) is 1. The van der Waals surface area contributed by atoms with E-state index in [9.17, 15) is 9.59 Å². The third-order valence-electron chi connectivity index (χ3n) is 5.18. The number of thiazole rings is 1. The number of anilines is 1. The van der Waals surface area contributed by atoms with Crippen LogP contribution in [0.15, 0.2) is 22.1 Å². The highest BCUT2D eigenvalue weighted by molar-refractivity contribution is 7.14. The van der Waals surface area contributed by atoms with Gasteiger partial charge in [0.25, 0.3) is 5.91 Å². The predicted octanol–water partition coefficient (Wildman–Crippen LogP) is 2.58. The lowest BCUT2D eigenvalue weighted by Crippen LogP contribution is -2.45. The van der Waals surface area contributed by atoms with E-state index >= 15 is 0 Å². The number of carbonyl (C=O) groups is 2. The van der Waals surface area contributed by atoms with Crippen LogP contribution < -0.4 is 10.6 Å². The number of nitrogens with zero attached hydrogens (tertiary/aromatic N) is 2. The minimum Gasteiger partial charge on any atom is -0.469 e. The molecule has 0 atom stereocenters. The quantitative estimate of drug-likeness (QED) is 0.794. The van der Waals surface area contributed by atoms with Crippen molar-refractivity contribution in [1.82, 2.24) is 15.2 Å². The Bertz CT molecular complexity index is 819. The lowest BCUT2D eigenvalue weighted by molar-refractivity contribution is -0.121. The number of furan rings is 1. The lowest BCUT2D eigenvalue weighted by Gasteiger charge is -2.32. The van der Waals surface area contributed by atoms with E-state index in [1.807, 2.05) is 5.38 Å². The number of nitrogens with one attached hydrogen (secondary N) is 2. The van der Waals surface area contributed by atoms with Crippen LogP contribution in [0.4, 0.5) is 5.13 Å². The van der Waals surface area contributed by atoms with Crippen molar-refractivity contribution in [2.24, 2.45) is 0 Å². The Balaban J connectivity index is 1.24. The van der Waals surface area contributed by atoms with Crippen LogP contribution in [-0.2, 0) is 11.2 Å². The highest BCUT2D eigenvalue weighted by Crippen LogP contribution is 2.29. The molecule has 0 unspecified atom stereocenters. The van der Waals surface area contributed by atoms with Gasteiger partial charge in [-0.25, -0.2) is 4.98 Å². The van der Waals surface area contributed by atoms with E-state index in [0.29, 0.717) is 22.1 Å². The maximum atomic E-state index is 12.3. The zero-order valence-corrected chi connectivity index (χ0v) is 16.2. The Hall–Kier alpha value is -2.19. The largest absolute Gasteiger partial charge is 0.469 e. The van der Waals surface area contributed by atoms with E-state index in [-0.39, 0.29) is 24.3 Å². The Kier molecular flexibility index (Phi) is 5.27. The molecule has 144 valence electrons. The fraction of sp³-hybridized carbons (Fsp3) is 0.526. The van der Waals surface area contributed by atoms with Crippen LogP contribution in [0, 0.1) is 6.92 Å². The monoisotopic (exact) mass is 388 g/mol. The summed E-state index contributed by atoms with van der Waals surface area (Å²) in [5.74, 6) is 0.305. The average molecular weight is 388 g/mol. The molecule has 1 aliphatic heterocycles. The van der Waals surface area contributed by atoms with Gasteiger partial charge in [0.15, 0.2) is 5.13 Å². The molecule has 2 amide bonds. The number of aromatic nitrogens is 1. The second-order valence-electron chi connectivity index (χ2n) is 7.27. The average Bonchev–Trinajstić information content (AvgIpc) is 3.26. The summed E-state index contributed by atoms with van der Waals surface area (Å²) < 4.78 is 5.14. The first-order valence-electron chi connectivity index (χ1n) is 9.42. The molecule has 7 nitrogen and oxygen atoms in total. The standard InChI is InChI=1S/C19H24N4O3S/c1-12-16(6-9-26-12)18(25)22-19-21-14(11-27-19)10-17(24)20-13-4-7-23(8-5-13)15-2-3-15/h6,9,11,13,15H,2-5,7-8,10H2,1H3,(H,20,24)(H,21,22,25). The third-order valence-corrected chi connectivity index (χ3v) is 5.98. The second-order valence-corrected chi connectivity index (χ2v) is 8.13. The molecule has 1 saturated heterocycles. The predicted molar refractivity (Wildman–Crippen MR) is 103 cm³/mol. The van der Waals surface area contributed by atoms with E-state index in [0.717, 1.165) is 32.0 Å². The number of hydrogen-bond donors (Lipinski definition) is 2. The van der Waals surface area contributed by atoms with Gasteiger partial charge in [-0.1, -0.05) is 0 Å². The van der Waals surface area contributed by atoms with Crippen LogP contribution in [0.1, 0.15) is 47.5 Å². The van der Waals surface area contributed by atoms with Crippen molar-refractivity contribution in [3.05, 3.63) is 34.7 Å². The summed E-state index contributed by atoms with van der Waals surface area (Å²) >= 11 is 1.32. The van der Waals surface area contributed by atoms with E-state index in [1.54, 1.807) is 13.0 Å². The minimum atomic E-state index is -0.256. The number of piperidine rings is 1. The Morgan fingerprint density at radius 1 is 1.30 bits per heavy atom. The Morgan fingerprint density at radius 2 is 2.07 bits per heavy atom. The molecule has 4 rings (SSSR count). The molecule has 0 radical (unpaired) electrons. The molecule has 8 heteroatoms. The van der Waals surface area contributed by atoms with Crippen molar-refractivity contribution in [1.29, 1.82) is 0 Å². The summed E-state index contributed by atoms with van der Waals surface area (Å²) in [6.45, 7) is 3.90. The first kappa shape index (κ1) is 18.2. The molecule has 1 aliphatic carbocycles. The zero-order valence-electron chi connectivity index (χ0n) is 15.4. The van der Waals surface area contributed by atoms with Crippen LogP contribution in [-0.4, -0.2) is 46.9 Å². The van der Waals surface area contributed by atoms with Crippen molar-refractivity contribution >= 4 is 28.3 Å². The highest BCUT2D eigenvalue weighted by Gasteiger charge is 2.32. The molecule has 0 spiro atoms. The maximum Gasteiger partial charge on any atom is 0.260 e. The van der Waals surface area contributed by atoms with E-state index in [2.05, 4.69) is 20.5 Å². The van der Waals surface area contributed by atoms with Gasteiger partial charge in [-0.05, 0) is 38.7 Å². The Morgan fingerprint density at radius 3 is 2.74 bits per heavy atom. The summed E-state index contributed by atoms with van der Waals surface area (Å²) in [5.41, 5.74) is 1.16. The topological polar surface area (TPSA) is 87.5 Å². The molecule has 0 bridgehead atoms. The van der Waals surface area contributed by atoms with E-state index < -0.39 is 0 Å². The van der Waals surface area contributed by atoms with Gasteiger partial charge in [0.05, 0.1) is 23.9 Å². The van der Waals surface area contributed by atoms with Crippen molar-refractivity contribution in [3.8, 4) is 0 Å². The third kappa shape index (κ3) is 4.56. The molecular weight excluding hydrogens is 364 g/mol. The number of aryl methyl sites for hydroxylation is 1. The molecule has 2 aromatic heterocycles. The molecule has 1 saturated carbocycles. The number of rotatable bonds is 6. The molecule has 3 heterocycles. The molecule has 0 aromatic carbocycles. The van der Waals surface area contributed by atoms with Gasteiger partial charge in [0.2, 0.25) is 5.91 Å². The number of amides is 2. The van der Waals surface area contributed by atoms with Gasteiger partial charge in [-0.2, -0.15) is 0 Å². The minimum absolute atomic E-state index is 0.00581. The van der Waals surface area contributed by atoms with Gasteiger partial charge in [-0.15, -0.1) is 11.3 Å². The molecule has 2 aromatic rings. The highest BCUT2D eigenvalue weighted by atomic mass is 32.1. The van der Waals surface area contributed by atoms with Crippen LogP contribution >= 0.6 is 11.3 Å². The first-order valence-corrected chi connectivity index (χ1v) is 10.3. The molecular formula is C19H24N4O3S. The van der Waals surface area contributed by atoms with E-state index in [4.69, 9.17) is 4.42 Å². The second kappa shape index (κ2) is 7.82. The molecule has 2 N–H and O–H groups in total. The van der Waals surface area contributed by atoms with Crippen molar-refractivity contribution in [3.63, 3.8) is 0 Å². The van der Waals surface area contributed by atoms with Crippen LogP contribution in [0.3, 0.4) is 0 Å². The number of carbonyl (C=O) groups excluding carboxylic acids is 2.